The monoisotopic (exact) mass is 364 g/mol. The van der Waals surface area contributed by atoms with Gasteiger partial charge in [0.1, 0.15) is 11.5 Å². The van der Waals surface area contributed by atoms with Crippen LogP contribution in [0.4, 0.5) is 0 Å². The Balaban J connectivity index is 1.31. The van der Waals surface area contributed by atoms with E-state index in [2.05, 4.69) is 10.3 Å². The number of fused-ring (bicyclic) bond motifs is 1. The molecule has 0 aliphatic carbocycles. The highest BCUT2D eigenvalue weighted by Crippen LogP contribution is 2.35. The highest BCUT2D eigenvalue weighted by molar-refractivity contribution is 5.48. The SMILES string of the molecule is COc1ccc(Oc2ccc(CNCc3cccc4c3OCO4)cn2)cc1. The number of aromatic nitrogens is 1. The number of hydrogen-bond acceptors (Lipinski definition) is 6. The van der Waals surface area contributed by atoms with E-state index in [4.69, 9.17) is 18.9 Å². The zero-order valence-corrected chi connectivity index (χ0v) is 15.0. The summed E-state index contributed by atoms with van der Waals surface area (Å²) in [4.78, 5) is 4.36. The molecule has 1 aliphatic heterocycles. The summed E-state index contributed by atoms with van der Waals surface area (Å²) in [6.45, 7) is 1.67. The molecule has 0 bridgehead atoms. The fourth-order valence-corrected chi connectivity index (χ4v) is 2.81. The van der Waals surface area contributed by atoms with Crippen LogP contribution in [0.3, 0.4) is 0 Å². The maximum absolute atomic E-state index is 5.74. The second-order valence-corrected chi connectivity index (χ2v) is 6.04. The normalized spacial score (nSPS) is 12.0. The van der Waals surface area contributed by atoms with Crippen LogP contribution in [0.15, 0.2) is 60.8 Å². The molecular formula is C21H20N2O4. The van der Waals surface area contributed by atoms with Crippen molar-refractivity contribution < 1.29 is 18.9 Å². The molecule has 2 aromatic carbocycles. The van der Waals surface area contributed by atoms with Gasteiger partial charge in [-0.25, -0.2) is 4.98 Å². The quantitative estimate of drug-likeness (QED) is 0.686. The number of rotatable bonds is 7. The van der Waals surface area contributed by atoms with Crippen molar-refractivity contribution in [1.82, 2.24) is 10.3 Å². The van der Waals surface area contributed by atoms with E-state index in [-0.39, 0.29) is 6.79 Å². The van der Waals surface area contributed by atoms with Crippen molar-refractivity contribution in [2.75, 3.05) is 13.9 Å². The van der Waals surface area contributed by atoms with Gasteiger partial charge in [0.25, 0.3) is 0 Å². The second-order valence-electron chi connectivity index (χ2n) is 6.04. The lowest BCUT2D eigenvalue weighted by Crippen LogP contribution is -2.13. The standard InChI is InChI=1S/C21H20N2O4/c1-24-17-6-8-18(9-7-17)27-20-10-5-15(12-23-20)11-22-13-16-3-2-4-19-21(16)26-14-25-19/h2-10,12,22H,11,13-14H2,1H3. The maximum atomic E-state index is 5.74. The molecule has 0 unspecified atom stereocenters. The maximum Gasteiger partial charge on any atom is 0.231 e. The molecule has 27 heavy (non-hydrogen) atoms. The van der Waals surface area contributed by atoms with Crippen molar-refractivity contribution in [3.05, 3.63) is 71.9 Å². The fourth-order valence-electron chi connectivity index (χ4n) is 2.81. The number of ether oxygens (including phenoxy) is 4. The summed E-state index contributed by atoms with van der Waals surface area (Å²) < 4.78 is 21.8. The first-order valence-electron chi connectivity index (χ1n) is 8.67. The molecule has 2 heterocycles. The Bertz CT molecular complexity index is 895. The number of benzene rings is 2. The fraction of sp³-hybridized carbons (Fsp3) is 0.190. The molecule has 1 N–H and O–H groups in total. The van der Waals surface area contributed by atoms with Crippen molar-refractivity contribution in [2.24, 2.45) is 0 Å². The van der Waals surface area contributed by atoms with E-state index in [1.165, 1.54) is 0 Å². The summed E-state index contributed by atoms with van der Waals surface area (Å²) in [7, 11) is 1.64. The van der Waals surface area contributed by atoms with Gasteiger partial charge in [0, 0.05) is 30.9 Å². The molecular weight excluding hydrogens is 344 g/mol. The van der Waals surface area contributed by atoms with Crippen molar-refractivity contribution in [3.8, 4) is 28.9 Å². The second kappa shape index (κ2) is 7.97. The van der Waals surface area contributed by atoms with E-state index in [1.807, 2.05) is 54.6 Å². The first-order valence-corrected chi connectivity index (χ1v) is 8.67. The molecule has 6 nitrogen and oxygen atoms in total. The van der Waals surface area contributed by atoms with Gasteiger partial charge in [0.2, 0.25) is 12.7 Å². The van der Waals surface area contributed by atoms with Crippen molar-refractivity contribution in [2.45, 2.75) is 13.1 Å². The molecule has 0 saturated heterocycles. The van der Waals surface area contributed by atoms with Gasteiger partial charge in [-0.15, -0.1) is 0 Å². The lowest BCUT2D eigenvalue weighted by atomic mass is 10.2. The number of pyridine rings is 1. The number of hydrogen-bond donors (Lipinski definition) is 1. The van der Waals surface area contributed by atoms with E-state index in [9.17, 15) is 0 Å². The number of nitrogens with one attached hydrogen (secondary N) is 1. The Kier molecular flexibility index (Phi) is 5.07. The molecule has 0 spiro atoms. The van der Waals surface area contributed by atoms with E-state index < -0.39 is 0 Å². The topological polar surface area (TPSA) is 61.8 Å². The van der Waals surface area contributed by atoms with Gasteiger partial charge in [0.05, 0.1) is 7.11 Å². The smallest absolute Gasteiger partial charge is 0.231 e. The molecule has 0 fully saturated rings. The Morgan fingerprint density at radius 2 is 1.81 bits per heavy atom. The Labute approximate surface area is 157 Å². The summed E-state index contributed by atoms with van der Waals surface area (Å²) in [6, 6.07) is 17.2. The van der Waals surface area contributed by atoms with Crippen molar-refractivity contribution in [3.63, 3.8) is 0 Å². The lowest BCUT2D eigenvalue weighted by molar-refractivity contribution is 0.173. The third-order valence-electron chi connectivity index (χ3n) is 4.20. The van der Waals surface area contributed by atoms with Crippen LogP contribution in [0.5, 0.6) is 28.9 Å². The Morgan fingerprint density at radius 1 is 0.963 bits per heavy atom. The van der Waals surface area contributed by atoms with Crippen molar-refractivity contribution >= 4 is 0 Å². The molecule has 0 atom stereocenters. The van der Waals surface area contributed by atoms with E-state index >= 15 is 0 Å². The molecule has 1 aliphatic rings. The zero-order valence-electron chi connectivity index (χ0n) is 15.0. The lowest BCUT2D eigenvalue weighted by Gasteiger charge is -2.09. The van der Waals surface area contributed by atoms with Gasteiger partial charge in [-0.05, 0) is 35.9 Å². The van der Waals surface area contributed by atoms with E-state index in [1.54, 1.807) is 13.3 Å². The number of nitrogens with zero attached hydrogens (tertiary/aromatic N) is 1. The van der Waals surface area contributed by atoms with Crippen LogP contribution in [-0.4, -0.2) is 18.9 Å². The first kappa shape index (κ1) is 17.2. The van der Waals surface area contributed by atoms with Crippen LogP contribution in [0.1, 0.15) is 11.1 Å². The highest BCUT2D eigenvalue weighted by Gasteiger charge is 2.16. The zero-order chi connectivity index (χ0) is 18.5. The van der Waals surface area contributed by atoms with Crippen LogP contribution in [0.25, 0.3) is 0 Å². The average Bonchev–Trinajstić information content (AvgIpc) is 3.20. The van der Waals surface area contributed by atoms with Gasteiger partial charge in [-0.3, -0.25) is 0 Å². The molecule has 6 heteroatoms. The minimum absolute atomic E-state index is 0.284. The highest BCUT2D eigenvalue weighted by atomic mass is 16.7. The van der Waals surface area contributed by atoms with E-state index in [0.29, 0.717) is 24.7 Å². The molecule has 0 radical (unpaired) electrons. The van der Waals surface area contributed by atoms with Gasteiger partial charge in [-0.1, -0.05) is 18.2 Å². The van der Waals surface area contributed by atoms with Gasteiger partial charge >= 0.3 is 0 Å². The van der Waals surface area contributed by atoms with Crippen LogP contribution in [0, 0.1) is 0 Å². The first-order chi connectivity index (χ1) is 13.3. The van der Waals surface area contributed by atoms with Crippen LogP contribution in [-0.2, 0) is 13.1 Å². The number of para-hydroxylation sites is 1. The molecule has 0 saturated carbocycles. The predicted molar refractivity (Wildman–Crippen MR) is 100 cm³/mol. The molecule has 4 rings (SSSR count). The minimum Gasteiger partial charge on any atom is -0.497 e. The van der Waals surface area contributed by atoms with Gasteiger partial charge in [-0.2, -0.15) is 0 Å². The number of methoxy groups -OCH3 is 1. The minimum atomic E-state index is 0.284. The summed E-state index contributed by atoms with van der Waals surface area (Å²) in [5, 5.41) is 3.40. The summed E-state index contributed by atoms with van der Waals surface area (Å²) in [6.07, 6.45) is 1.81. The average molecular weight is 364 g/mol. The van der Waals surface area contributed by atoms with Crippen LogP contribution >= 0.6 is 0 Å². The Morgan fingerprint density at radius 3 is 2.59 bits per heavy atom. The van der Waals surface area contributed by atoms with Gasteiger partial charge < -0.3 is 24.3 Å². The largest absolute Gasteiger partial charge is 0.497 e. The molecule has 138 valence electrons. The molecule has 3 aromatic rings. The van der Waals surface area contributed by atoms with Crippen molar-refractivity contribution in [1.29, 1.82) is 0 Å². The predicted octanol–water partition coefficient (Wildman–Crippen LogP) is 3.90. The van der Waals surface area contributed by atoms with Gasteiger partial charge in [0.15, 0.2) is 11.5 Å². The third kappa shape index (κ3) is 4.12. The third-order valence-corrected chi connectivity index (χ3v) is 4.20. The summed E-state index contributed by atoms with van der Waals surface area (Å²) in [5.41, 5.74) is 2.15. The summed E-state index contributed by atoms with van der Waals surface area (Å²) >= 11 is 0. The Hall–Kier alpha value is -3.25. The van der Waals surface area contributed by atoms with Crippen LogP contribution in [0.2, 0.25) is 0 Å². The molecule has 0 amide bonds. The van der Waals surface area contributed by atoms with Crippen LogP contribution < -0.4 is 24.3 Å². The molecule has 1 aromatic heterocycles. The summed E-state index contributed by atoms with van der Waals surface area (Å²) in [5.74, 6) is 3.68. The van der Waals surface area contributed by atoms with E-state index in [0.717, 1.165) is 28.4 Å².